The average molecular weight is 404 g/mol. The van der Waals surface area contributed by atoms with E-state index in [0.29, 0.717) is 30.5 Å². The Morgan fingerprint density at radius 3 is 2.21 bits per heavy atom. The third kappa shape index (κ3) is 4.82. The summed E-state index contributed by atoms with van der Waals surface area (Å²) in [5.41, 5.74) is 0.283. The van der Waals surface area contributed by atoms with Gasteiger partial charge in [0.05, 0.1) is 23.1 Å². The number of nitrogens with one attached hydrogen (secondary N) is 1. The largest absolute Gasteiger partial charge is 0.416 e. The van der Waals surface area contributed by atoms with Crippen molar-refractivity contribution in [2.75, 3.05) is 13.1 Å². The topological polar surface area (TPSA) is 66.5 Å². The van der Waals surface area contributed by atoms with Gasteiger partial charge in [0.2, 0.25) is 5.91 Å². The third-order valence-corrected chi connectivity index (χ3v) is 4.63. The highest BCUT2D eigenvalue weighted by molar-refractivity contribution is 6.21. The van der Waals surface area contributed by atoms with E-state index in [4.69, 9.17) is 0 Å². The molecule has 1 N–H and O–H groups in total. The fraction of sp³-hybridized carbons (Fsp3) is 0.286. The fourth-order valence-corrected chi connectivity index (χ4v) is 3.17. The molecule has 0 aliphatic carbocycles. The van der Waals surface area contributed by atoms with E-state index in [1.54, 1.807) is 24.3 Å². The number of benzene rings is 2. The number of halogens is 3. The lowest BCUT2D eigenvalue weighted by Crippen LogP contribution is -2.31. The van der Waals surface area contributed by atoms with Gasteiger partial charge in [0, 0.05) is 13.1 Å². The van der Waals surface area contributed by atoms with Crippen molar-refractivity contribution in [2.45, 2.75) is 25.4 Å². The minimum absolute atomic E-state index is 0.150. The Morgan fingerprint density at radius 1 is 0.931 bits per heavy atom. The van der Waals surface area contributed by atoms with Gasteiger partial charge in [-0.2, -0.15) is 13.2 Å². The van der Waals surface area contributed by atoms with E-state index in [1.165, 1.54) is 17.0 Å². The van der Waals surface area contributed by atoms with Crippen LogP contribution in [0.4, 0.5) is 13.2 Å². The van der Waals surface area contributed by atoms with Gasteiger partial charge < -0.3 is 5.32 Å². The zero-order chi connectivity index (χ0) is 21.0. The van der Waals surface area contributed by atoms with Crippen LogP contribution in [0.25, 0.3) is 0 Å². The number of imide groups is 1. The number of fused-ring (bicyclic) bond motifs is 1. The van der Waals surface area contributed by atoms with Gasteiger partial charge in [-0.15, -0.1) is 0 Å². The number of carbonyl (C=O) groups excluding carboxylic acids is 3. The zero-order valence-corrected chi connectivity index (χ0v) is 15.5. The summed E-state index contributed by atoms with van der Waals surface area (Å²) >= 11 is 0. The fourth-order valence-electron chi connectivity index (χ4n) is 3.17. The van der Waals surface area contributed by atoms with Crippen LogP contribution in [0.2, 0.25) is 0 Å². The van der Waals surface area contributed by atoms with Gasteiger partial charge in [-0.1, -0.05) is 30.3 Å². The van der Waals surface area contributed by atoms with Gasteiger partial charge in [0.25, 0.3) is 11.8 Å². The molecule has 2 aromatic carbocycles. The second-order valence-corrected chi connectivity index (χ2v) is 6.74. The lowest BCUT2D eigenvalue weighted by atomic mass is 10.1. The van der Waals surface area contributed by atoms with E-state index in [2.05, 4.69) is 5.32 Å². The first-order valence-corrected chi connectivity index (χ1v) is 9.15. The second kappa shape index (κ2) is 8.46. The van der Waals surface area contributed by atoms with Gasteiger partial charge in [-0.3, -0.25) is 19.3 Å². The van der Waals surface area contributed by atoms with Crippen LogP contribution in [0.5, 0.6) is 0 Å². The zero-order valence-electron chi connectivity index (χ0n) is 15.5. The minimum Gasteiger partial charge on any atom is -0.356 e. The van der Waals surface area contributed by atoms with Gasteiger partial charge >= 0.3 is 6.18 Å². The number of unbranched alkanes of at least 4 members (excludes halogenated alkanes) is 1. The summed E-state index contributed by atoms with van der Waals surface area (Å²) in [5.74, 6) is -1.02. The molecule has 152 valence electrons. The van der Waals surface area contributed by atoms with Crippen molar-refractivity contribution in [3.63, 3.8) is 0 Å². The average Bonchev–Trinajstić information content (AvgIpc) is 2.92. The molecule has 8 heteroatoms. The van der Waals surface area contributed by atoms with Crippen molar-refractivity contribution in [3.05, 3.63) is 70.8 Å². The number of alkyl halides is 3. The van der Waals surface area contributed by atoms with Crippen LogP contribution in [0.1, 0.15) is 44.7 Å². The predicted octanol–water partition coefficient (Wildman–Crippen LogP) is 3.44. The highest BCUT2D eigenvalue weighted by atomic mass is 19.4. The lowest BCUT2D eigenvalue weighted by molar-refractivity contribution is -0.137. The van der Waals surface area contributed by atoms with Crippen LogP contribution >= 0.6 is 0 Å². The van der Waals surface area contributed by atoms with E-state index in [0.717, 1.165) is 12.1 Å². The van der Waals surface area contributed by atoms with Crippen LogP contribution in [0.15, 0.2) is 48.5 Å². The van der Waals surface area contributed by atoms with E-state index in [-0.39, 0.29) is 36.3 Å². The van der Waals surface area contributed by atoms with Crippen LogP contribution in [0, 0.1) is 0 Å². The molecule has 0 spiro atoms. The van der Waals surface area contributed by atoms with Crippen molar-refractivity contribution in [2.24, 2.45) is 0 Å². The Morgan fingerprint density at radius 2 is 1.59 bits per heavy atom. The molecule has 0 bridgehead atoms. The van der Waals surface area contributed by atoms with Gasteiger partial charge in [-0.05, 0) is 36.6 Å². The molecule has 1 heterocycles. The summed E-state index contributed by atoms with van der Waals surface area (Å²) < 4.78 is 38.1. The van der Waals surface area contributed by atoms with E-state index >= 15 is 0 Å². The number of nitrogens with zero attached hydrogens (tertiary/aromatic N) is 1. The molecule has 0 radical (unpaired) electrons. The van der Waals surface area contributed by atoms with E-state index in [9.17, 15) is 27.6 Å². The molecule has 0 aromatic heterocycles. The summed E-state index contributed by atoms with van der Waals surface area (Å²) in [6.45, 7) is 0.552. The van der Waals surface area contributed by atoms with Crippen molar-refractivity contribution >= 4 is 17.7 Å². The van der Waals surface area contributed by atoms with Crippen LogP contribution in [0.3, 0.4) is 0 Å². The molecule has 3 rings (SSSR count). The molecule has 0 atom stereocenters. The van der Waals surface area contributed by atoms with Gasteiger partial charge in [0.1, 0.15) is 0 Å². The van der Waals surface area contributed by atoms with Gasteiger partial charge in [-0.25, -0.2) is 0 Å². The Labute approximate surface area is 165 Å². The molecular weight excluding hydrogens is 385 g/mol. The van der Waals surface area contributed by atoms with E-state index in [1.807, 2.05) is 0 Å². The first kappa shape index (κ1) is 20.6. The summed E-state index contributed by atoms with van der Waals surface area (Å²) in [7, 11) is 0. The molecule has 29 heavy (non-hydrogen) atoms. The number of rotatable bonds is 7. The number of carbonyl (C=O) groups is 3. The highest BCUT2D eigenvalue weighted by Gasteiger charge is 2.34. The van der Waals surface area contributed by atoms with Crippen molar-refractivity contribution in [3.8, 4) is 0 Å². The highest BCUT2D eigenvalue weighted by Crippen LogP contribution is 2.29. The second-order valence-electron chi connectivity index (χ2n) is 6.74. The molecule has 1 aliphatic heterocycles. The number of amides is 3. The molecule has 3 amide bonds. The smallest absolute Gasteiger partial charge is 0.356 e. The lowest BCUT2D eigenvalue weighted by Gasteiger charge is -2.13. The normalized spacial score (nSPS) is 13.6. The van der Waals surface area contributed by atoms with Crippen LogP contribution in [-0.4, -0.2) is 35.7 Å². The summed E-state index contributed by atoms with van der Waals surface area (Å²) in [4.78, 5) is 37.6. The van der Waals surface area contributed by atoms with Crippen molar-refractivity contribution < 1.29 is 27.6 Å². The first-order valence-electron chi connectivity index (χ1n) is 9.15. The maximum absolute atomic E-state index is 12.7. The Kier molecular flexibility index (Phi) is 6.00. The Bertz CT molecular complexity index is 906. The number of hydrogen-bond acceptors (Lipinski definition) is 3. The first-order chi connectivity index (χ1) is 13.8. The molecule has 0 unspecified atom stereocenters. The Hall–Kier alpha value is -3.16. The molecule has 1 aliphatic rings. The van der Waals surface area contributed by atoms with Crippen molar-refractivity contribution in [1.82, 2.24) is 10.2 Å². The molecule has 2 aromatic rings. The SMILES string of the molecule is O=C(Cc1cccc(C(F)(F)F)c1)NCCCCN1C(=O)c2ccccc2C1=O. The third-order valence-electron chi connectivity index (χ3n) is 4.63. The summed E-state index contributed by atoms with van der Waals surface area (Å²) in [5, 5.41) is 2.65. The standard InChI is InChI=1S/C21H19F3N2O3/c22-21(23,24)15-7-5-6-14(12-15)13-18(27)25-10-3-4-11-26-19(28)16-8-1-2-9-17(16)20(26)29/h1-2,5-9,12H,3-4,10-11,13H2,(H,25,27). The number of hydrogen-bond donors (Lipinski definition) is 1. The maximum Gasteiger partial charge on any atom is 0.416 e. The minimum atomic E-state index is -4.45. The molecule has 0 saturated heterocycles. The molecule has 0 fully saturated rings. The predicted molar refractivity (Wildman–Crippen MR) is 99.2 cm³/mol. The Balaban J connectivity index is 1.41. The van der Waals surface area contributed by atoms with Crippen molar-refractivity contribution in [1.29, 1.82) is 0 Å². The van der Waals surface area contributed by atoms with Crippen LogP contribution < -0.4 is 5.32 Å². The summed E-state index contributed by atoms with van der Waals surface area (Å²) in [6.07, 6.45) is -3.56. The van der Waals surface area contributed by atoms with Crippen LogP contribution in [-0.2, 0) is 17.4 Å². The monoisotopic (exact) mass is 404 g/mol. The maximum atomic E-state index is 12.7. The summed E-state index contributed by atoms with van der Waals surface area (Å²) in [6, 6.07) is 11.3. The van der Waals surface area contributed by atoms with Gasteiger partial charge in [0.15, 0.2) is 0 Å². The van der Waals surface area contributed by atoms with E-state index < -0.39 is 11.7 Å². The molecule has 5 nitrogen and oxygen atoms in total. The molecular formula is C21H19F3N2O3. The molecule has 0 saturated carbocycles. The quantitative estimate of drug-likeness (QED) is 0.568.